The highest BCUT2D eigenvalue weighted by atomic mass is 35.5. The van der Waals surface area contributed by atoms with Gasteiger partial charge in [0.1, 0.15) is 36.5 Å². The first-order chi connectivity index (χ1) is 25.4. The van der Waals surface area contributed by atoms with Crippen molar-refractivity contribution in [1.82, 2.24) is 30.6 Å². The number of halogens is 1. The fourth-order valence-corrected chi connectivity index (χ4v) is 5.87. The van der Waals surface area contributed by atoms with E-state index < -0.39 is 0 Å². The summed E-state index contributed by atoms with van der Waals surface area (Å²) in [6.07, 6.45) is 5.84. The summed E-state index contributed by atoms with van der Waals surface area (Å²) in [5.74, 6) is 1.88. The number of nitriles is 1. The first kappa shape index (κ1) is 38.2. The van der Waals surface area contributed by atoms with Crippen LogP contribution in [0.1, 0.15) is 45.5 Å². The van der Waals surface area contributed by atoms with Crippen molar-refractivity contribution in [2.75, 3.05) is 32.9 Å². The number of pyridine rings is 1. The minimum atomic E-state index is 0.00507. The predicted molar refractivity (Wildman–Crippen MR) is 198 cm³/mol. The smallest absolute Gasteiger partial charge is 0.142 e. The van der Waals surface area contributed by atoms with Gasteiger partial charge in [-0.2, -0.15) is 5.26 Å². The van der Waals surface area contributed by atoms with Crippen LogP contribution in [0.4, 0.5) is 0 Å². The maximum Gasteiger partial charge on any atom is 0.142 e. The minimum absolute atomic E-state index is 0.00507. The Morgan fingerprint density at radius 1 is 0.827 bits per heavy atom. The van der Waals surface area contributed by atoms with Crippen LogP contribution in [0.25, 0.3) is 11.1 Å². The SMILES string of the molecule is Cc1c(COc2cc(OCc3cncc(C#N)c3)c(CNCCO)cc2Cl)cccc1-c1cccc(OCCCn2cc(CNCCO)nn2)c1C. The maximum absolute atomic E-state index is 9.25. The Labute approximate surface area is 309 Å². The zero-order valence-corrected chi connectivity index (χ0v) is 30.2. The van der Waals surface area contributed by atoms with Crippen molar-refractivity contribution in [3.63, 3.8) is 0 Å². The van der Waals surface area contributed by atoms with Crippen molar-refractivity contribution in [1.29, 1.82) is 5.26 Å². The second kappa shape index (κ2) is 19.5. The molecule has 0 saturated carbocycles. The Hall–Kier alpha value is -5.03. The fraction of sp³-hybridized carbons (Fsp3) is 0.333. The number of hydrogen-bond donors (Lipinski definition) is 4. The highest BCUT2D eigenvalue weighted by Gasteiger charge is 2.15. The largest absolute Gasteiger partial charge is 0.493 e. The molecule has 0 spiro atoms. The minimum Gasteiger partial charge on any atom is -0.493 e. The van der Waals surface area contributed by atoms with E-state index in [1.165, 1.54) is 6.20 Å². The van der Waals surface area contributed by atoms with Gasteiger partial charge in [0.2, 0.25) is 0 Å². The number of rotatable bonds is 20. The molecule has 0 aliphatic carbocycles. The van der Waals surface area contributed by atoms with Gasteiger partial charge in [-0.15, -0.1) is 5.10 Å². The van der Waals surface area contributed by atoms with Crippen molar-refractivity contribution in [3.8, 4) is 34.4 Å². The molecule has 5 rings (SSSR count). The summed E-state index contributed by atoms with van der Waals surface area (Å²) >= 11 is 6.72. The van der Waals surface area contributed by atoms with E-state index in [1.54, 1.807) is 29.1 Å². The van der Waals surface area contributed by atoms with E-state index in [1.807, 2.05) is 30.5 Å². The van der Waals surface area contributed by atoms with Gasteiger partial charge in [-0.25, -0.2) is 0 Å². The lowest BCUT2D eigenvalue weighted by Crippen LogP contribution is -2.18. The van der Waals surface area contributed by atoms with Crippen LogP contribution in [0.15, 0.2) is 73.2 Å². The summed E-state index contributed by atoms with van der Waals surface area (Å²) < 4.78 is 20.5. The van der Waals surface area contributed by atoms with Gasteiger partial charge < -0.3 is 35.1 Å². The van der Waals surface area contributed by atoms with E-state index in [-0.39, 0.29) is 26.4 Å². The molecule has 0 radical (unpaired) electrons. The average Bonchev–Trinajstić information content (AvgIpc) is 3.61. The zero-order chi connectivity index (χ0) is 36.7. The van der Waals surface area contributed by atoms with E-state index in [2.05, 4.69) is 58.0 Å². The molecule has 2 heterocycles. The Kier molecular flexibility index (Phi) is 14.4. The topological polar surface area (TPSA) is 160 Å². The number of aryl methyl sites for hydroxylation is 1. The Morgan fingerprint density at radius 3 is 2.37 bits per heavy atom. The predicted octanol–water partition coefficient (Wildman–Crippen LogP) is 5.27. The van der Waals surface area contributed by atoms with Crippen molar-refractivity contribution in [2.45, 2.75) is 53.1 Å². The van der Waals surface area contributed by atoms with Crippen LogP contribution in [0.2, 0.25) is 5.02 Å². The van der Waals surface area contributed by atoms with Crippen molar-refractivity contribution in [2.24, 2.45) is 0 Å². The first-order valence-electron chi connectivity index (χ1n) is 17.2. The summed E-state index contributed by atoms with van der Waals surface area (Å²) in [5.41, 5.74) is 8.16. The summed E-state index contributed by atoms with van der Waals surface area (Å²) in [6, 6.07) is 19.7. The molecule has 0 aliphatic heterocycles. The molecule has 0 saturated heterocycles. The summed E-state index contributed by atoms with van der Waals surface area (Å²) in [5, 5.41) is 42.5. The molecule has 4 N–H and O–H groups in total. The number of aliphatic hydroxyl groups is 2. The van der Waals surface area contributed by atoms with Crippen LogP contribution in [0, 0.1) is 25.2 Å². The zero-order valence-electron chi connectivity index (χ0n) is 29.4. The van der Waals surface area contributed by atoms with Crippen molar-refractivity contribution in [3.05, 3.63) is 117 Å². The van der Waals surface area contributed by atoms with Crippen LogP contribution in [0.5, 0.6) is 17.2 Å². The van der Waals surface area contributed by atoms with E-state index in [0.29, 0.717) is 61.4 Å². The first-order valence-corrected chi connectivity index (χ1v) is 17.5. The standard InChI is InChI=1S/C39H44ClN7O5/c1-27-31(26-52-39-18-38(32(17-36(39)40)22-42-10-13-48)51-25-30-16-29(19-41)20-44-21-30)6-3-7-34(27)35-8-4-9-37(28(35)2)50-15-5-12-47-24-33(45-46-47)23-43-11-14-49/h3-4,6-9,16-18,20-21,24,42-43,48-49H,5,10-15,22-23,25-26H2,1-2H3. The third kappa shape index (κ3) is 10.5. The molecule has 0 unspecified atom stereocenters. The number of nitrogens with zero attached hydrogens (tertiary/aromatic N) is 5. The lowest BCUT2D eigenvalue weighted by atomic mass is 9.93. The molecule has 2 aromatic heterocycles. The number of aromatic nitrogens is 4. The molecule has 13 heteroatoms. The molecular weight excluding hydrogens is 682 g/mol. The van der Waals surface area contributed by atoms with Crippen LogP contribution >= 0.6 is 11.6 Å². The van der Waals surface area contributed by atoms with Gasteiger partial charge in [0.15, 0.2) is 0 Å². The lowest BCUT2D eigenvalue weighted by Gasteiger charge is -2.18. The van der Waals surface area contributed by atoms with Crippen molar-refractivity contribution < 1.29 is 24.4 Å². The molecule has 52 heavy (non-hydrogen) atoms. The van der Waals surface area contributed by atoms with Gasteiger partial charge >= 0.3 is 0 Å². The molecule has 0 aliphatic rings. The van der Waals surface area contributed by atoms with E-state index >= 15 is 0 Å². The number of hydrogen-bond acceptors (Lipinski definition) is 11. The third-order valence-electron chi connectivity index (χ3n) is 8.41. The van der Waals surface area contributed by atoms with Crippen LogP contribution in [-0.2, 0) is 32.8 Å². The summed E-state index contributed by atoms with van der Waals surface area (Å²) in [6.45, 7) is 7.88. The van der Waals surface area contributed by atoms with Gasteiger partial charge in [-0.05, 0) is 59.9 Å². The van der Waals surface area contributed by atoms with Gasteiger partial charge in [-0.3, -0.25) is 9.67 Å². The number of benzene rings is 3. The highest BCUT2D eigenvalue weighted by Crippen LogP contribution is 2.36. The second-order valence-corrected chi connectivity index (χ2v) is 12.6. The van der Waals surface area contributed by atoms with Crippen molar-refractivity contribution >= 4 is 11.6 Å². The highest BCUT2D eigenvalue weighted by molar-refractivity contribution is 6.32. The van der Waals surface area contributed by atoms with Gasteiger partial charge in [0.05, 0.1) is 36.1 Å². The molecule has 0 fully saturated rings. The Morgan fingerprint density at radius 2 is 1.58 bits per heavy atom. The van der Waals surface area contributed by atoms with Crippen LogP contribution < -0.4 is 24.8 Å². The number of aliphatic hydroxyl groups excluding tert-OH is 2. The molecule has 12 nitrogen and oxygen atoms in total. The maximum atomic E-state index is 9.25. The summed E-state index contributed by atoms with van der Waals surface area (Å²) in [7, 11) is 0. The molecule has 272 valence electrons. The van der Waals surface area contributed by atoms with Crippen LogP contribution in [0.3, 0.4) is 0 Å². The molecule has 0 amide bonds. The normalized spacial score (nSPS) is 11.0. The third-order valence-corrected chi connectivity index (χ3v) is 8.71. The lowest BCUT2D eigenvalue weighted by molar-refractivity contribution is 0.282. The monoisotopic (exact) mass is 725 g/mol. The quantitative estimate of drug-likeness (QED) is 0.0774. The number of nitrogens with one attached hydrogen (secondary N) is 2. The van der Waals surface area contributed by atoms with Crippen LogP contribution in [-0.4, -0.2) is 63.1 Å². The van der Waals surface area contributed by atoms with E-state index in [4.69, 9.17) is 30.9 Å². The van der Waals surface area contributed by atoms with Gasteiger partial charge in [0.25, 0.3) is 0 Å². The molecule has 0 atom stereocenters. The molecule has 5 aromatic rings. The molecular formula is C39H44ClN7O5. The Bertz CT molecular complexity index is 1960. The molecule has 0 bridgehead atoms. The van der Waals surface area contributed by atoms with E-state index in [0.717, 1.165) is 56.8 Å². The van der Waals surface area contributed by atoms with E-state index in [9.17, 15) is 10.4 Å². The summed E-state index contributed by atoms with van der Waals surface area (Å²) in [4.78, 5) is 4.12. The molecule has 3 aromatic carbocycles. The van der Waals surface area contributed by atoms with Gasteiger partial charge in [0, 0.05) is 74.9 Å². The fourth-order valence-electron chi connectivity index (χ4n) is 5.63. The van der Waals surface area contributed by atoms with Gasteiger partial charge in [-0.1, -0.05) is 47.1 Å². The second-order valence-electron chi connectivity index (χ2n) is 12.2. The number of ether oxygens (including phenoxy) is 3. The average molecular weight is 726 g/mol. The Balaban J connectivity index is 1.24.